The molecule has 1 aliphatic rings. The van der Waals surface area contributed by atoms with Gasteiger partial charge >= 0.3 is 0 Å². The van der Waals surface area contributed by atoms with Gasteiger partial charge in [0.1, 0.15) is 0 Å². The van der Waals surface area contributed by atoms with Crippen LogP contribution in [0.25, 0.3) is 0 Å². The maximum atomic E-state index is 11.6. The molecule has 0 radical (unpaired) electrons. The number of nitrogens with two attached hydrogens (primary N) is 1. The summed E-state index contributed by atoms with van der Waals surface area (Å²) >= 11 is 0. The number of nitrogens with zero attached hydrogens (tertiary/aromatic N) is 1. The second-order valence-electron chi connectivity index (χ2n) is 6.50. The Morgan fingerprint density at radius 1 is 1.55 bits per heavy atom. The Morgan fingerprint density at radius 2 is 2.25 bits per heavy atom. The molecule has 0 aromatic carbocycles. The fourth-order valence-electron chi connectivity index (χ4n) is 2.83. The molecule has 5 nitrogen and oxygen atoms in total. The summed E-state index contributed by atoms with van der Waals surface area (Å²) in [4.78, 5) is 13.9. The average Bonchev–Trinajstić information content (AvgIpc) is 2.80. The van der Waals surface area contributed by atoms with Crippen LogP contribution in [0.1, 0.15) is 46.5 Å². The van der Waals surface area contributed by atoms with Crippen LogP contribution >= 0.6 is 0 Å². The van der Waals surface area contributed by atoms with Gasteiger partial charge in [-0.1, -0.05) is 0 Å². The van der Waals surface area contributed by atoms with Gasteiger partial charge in [0, 0.05) is 19.2 Å². The first-order valence-corrected chi connectivity index (χ1v) is 7.71. The van der Waals surface area contributed by atoms with Crippen LogP contribution in [0.2, 0.25) is 0 Å². The van der Waals surface area contributed by atoms with Gasteiger partial charge in [0.05, 0.1) is 11.6 Å². The molecule has 0 bridgehead atoms. The van der Waals surface area contributed by atoms with Crippen LogP contribution < -0.4 is 11.1 Å². The minimum absolute atomic E-state index is 0.247. The zero-order valence-corrected chi connectivity index (χ0v) is 13.4. The largest absolute Gasteiger partial charge is 0.377 e. The normalized spacial score (nSPS) is 22.4. The summed E-state index contributed by atoms with van der Waals surface area (Å²) in [5.41, 5.74) is 4.92. The molecule has 3 N–H and O–H groups in total. The van der Waals surface area contributed by atoms with E-state index in [1.165, 1.54) is 6.42 Å². The van der Waals surface area contributed by atoms with Crippen molar-refractivity contribution in [3.8, 4) is 0 Å². The molecule has 1 aliphatic heterocycles. The van der Waals surface area contributed by atoms with Crippen molar-refractivity contribution in [1.82, 2.24) is 10.2 Å². The van der Waals surface area contributed by atoms with Crippen molar-refractivity contribution in [3.05, 3.63) is 0 Å². The zero-order chi connectivity index (χ0) is 15.2. The highest BCUT2D eigenvalue weighted by Crippen LogP contribution is 2.15. The van der Waals surface area contributed by atoms with E-state index in [9.17, 15) is 4.79 Å². The number of hydrogen-bond acceptors (Lipinski definition) is 4. The van der Waals surface area contributed by atoms with Crippen molar-refractivity contribution in [3.63, 3.8) is 0 Å². The van der Waals surface area contributed by atoms with Gasteiger partial charge in [-0.3, -0.25) is 4.79 Å². The molecular weight excluding hydrogens is 254 g/mol. The molecular formula is C15H31N3O2. The zero-order valence-electron chi connectivity index (χ0n) is 13.4. The number of carbonyl (C=O) groups is 1. The van der Waals surface area contributed by atoms with Crippen LogP contribution in [0.5, 0.6) is 0 Å². The summed E-state index contributed by atoms with van der Waals surface area (Å²) in [7, 11) is 2.11. The summed E-state index contributed by atoms with van der Waals surface area (Å²) in [6.45, 7) is 8.80. The molecule has 0 spiro atoms. The van der Waals surface area contributed by atoms with Crippen LogP contribution in [0.3, 0.4) is 0 Å². The molecule has 1 fully saturated rings. The Morgan fingerprint density at radius 3 is 2.75 bits per heavy atom. The summed E-state index contributed by atoms with van der Waals surface area (Å²) < 4.78 is 5.63. The lowest BCUT2D eigenvalue weighted by molar-refractivity contribution is -0.124. The summed E-state index contributed by atoms with van der Waals surface area (Å²) in [6.07, 6.45) is 4.43. The molecule has 1 amide bonds. The highest BCUT2D eigenvalue weighted by molar-refractivity contribution is 5.84. The molecule has 2 atom stereocenters. The Bertz CT molecular complexity index is 303. The van der Waals surface area contributed by atoms with Crippen LogP contribution in [-0.2, 0) is 9.53 Å². The monoisotopic (exact) mass is 285 g/mol. The Labute approximate surface area is 123 Å². The molecule has 5 heteroatoms. The van der Waals surface area contributed by atoms with E-state index in [-0.39, 0.29) is 11.9 Å². The predicted octanol–water partition coefficient (Wildman–Crippen LogP) is 1.12. The minimum Gasteiger partial charge on any atom is -0.377 e. The van der Waals surface area contributed by atoms with Gasteiger partial charge in [-0.2, -0.15) is 0 Å². The fraction of sp³-hybridized carbons (Fsp3) is 0.933. The summed E-state index contributed by atoms with van der Waals surface area (Å²) in [5, 5.41) is 3.28. The number of hydrogen-bond donors (Lipinski definition) is 2. The van der Waals surface area contributed by atoms with Crippen LogP contribution in [-0.4, -0.2) is 55.2 Å². The first-order chi connectivity index (χ1) is 9.33. The highest BCUT2D eigenvalue weighted by Gasteiger charge is 2.30. The molecule has 2 unspecified atom stereocenters. The quantitative estimate of drug-likeness (QED) is 0.666. The van der Waals surface area contributed by atoms with Crippen molar-refractivity contribution in [2.45, 2.75) is 64.1 Å². The Kier molecular flexibility index (Phi) is 6.92. The van der Waals surface area contributed by atoms with E-state index in [4.69, 9.17) is 10.5 Å². The molecule has 118 valence electrons. The molecule has 0 aromatic heterocycles. The van der Waals surface area contributed by atoms with E-state index in [2.05, 4.69) is 17.3 Å². The lowest BCUT2D eigenvalue weighted by Gasteiger charge is -2.30. The predicted molar refractivity (Wildman–Crippen MR) is 81.6 cm³/mol. The van der Waals surface area contributed by atoms with Gasteiger partial charge in [0.2, 0.25) is 5.91 Å². The molecule has 0 saturated carbocycles. The third-order valence-corrected chi connectivity index (χ3v) is 3.91. The van der Waals surface area contributed by atoms with Crippen LogP contribution in [0.4, 0.5) is 0 Å². The maximum absolute atomic E-state index is 11.6. The molecule has 1 rings (SSSR count). The van der Waals surface area contributed by atoms with E-state index in [1.54, 1.807) is 0 Å². The molecule has 0 aromatic rings. The number of nitrogens with one attached hydrogen (secondary N) is 1. The average molecular weight is 285 g/mol. The van der Waals surface area contributed by atoms with Crippen molar-refractivity contribution in [1.29, 1.82) is 0 Å². The fourth-order valence-corrected chi connectivity index (χ4v) is 2.83. The second kappa shape index (κ2) is 7.96. The smallest absolute Gasteiger partial charge is 0.237 e. The molecule has 0 aliphatic carbocycles. The number of carbonyl (C=O) groups excluding carboxylic acids is 1. The van der Waals surface area contributed by atoms with Crippen LogP contribution in [0, 0.1) is 0 Å². The van der Waals surface area contributed by atoms with Gasteiger partial charge in [-0.15, -0.1) is 0 Å². The van der Waals surface area contributed by atoms with Crippen molar-refractivity contribution in [2.75, 3.05) is 26.7 Å². The summed E-state index contributed by atoms with van der Waals surface area (Å²) in [6, 6.07) is 0.247. The van der Waals surface area contributed by atoms with Crippen LogP contribution in [0.15, 0.2) is 0 Å². The second-order valence-corrected chi connectivity index (χ2v) is 6.50. The number of likely N-dealkylation sites (N-methyl/N-ethyl adjacent to an activating group) is 1. The first kappa shape index (κ1) is 17.4. The lowest BCUT2D eigenvalue weighted by Crippen LogP contribution is -2.55. The minimum atomic E-state index is -0.612. The van der Waals surface area contributed by atoms with Gasteiger partial charge in [-0.25, -0.2) is 0 Å². The SMILES string of the molecule is CC(C)NC(C)(CCCN(C)CC1CCCO1)C(N)=O. The Balaban J connectivity index is 2.30. The van der Waals surface area contributed by atoms with E-state index < -0.39 is 5.54 Å². The van der Waals surface area contributed by atoms with E-state index in [0.29, 0.717) is 6.10 Å². The third-order valence-electron chi connectivity index (χ3n) is 3.91. The topological polar surface area (TPSA) is 67.6 Å². The van der Waals surface area contributed by atoms with E-state index in [0.717, 1.165) is 39.0 Å². The molecule has 1 heterocycles. The maximum Gasteiger partial charge on any atom is 0.237 e. The van der Waals surface area contributed by atoms with Crippen molar-refractivity contribution in [2.24, 2.45) is 5.73 Å². The highest BCUT2D eigenvalue weighted by atomic mass is 16.5. The van der Waals surface area contributed by atoms with Gasteiger partial charge in [0.25, 0.3) is 0 Å². The van der Waals surface area contributed by atoms with E-state index in [1.807, 2.05) is 20.8 Å². The van der Waals surface area contributed by atoms with Gasteiger partial charge < -0.3 is 20.7 Å². The number of primary amides is 1. The summed E-state index contributed by atoms with van der Waals surface area (Å²) in [5.74, 6) is -0.270. The molecule has 1 saturated heterocycles. The number of rotatable bonds is 9. The lowest BCUT2D eigenvalue weighted by atomic mass is 9.93. The number of ether oxygens (including phenoxy) is 1. The van der Waals surface area contributed by atoms with E-state index >= 15 is 0 Å². The van der Waals surface area contributed by atoms with Gasteiger partial charge in [-0.05, 0) is 60.0 Å². The first-order valence-electron chi connectivity index (χ1n) is 7.71. The third kappa shape index (κ3) is 5.77. The van der Waals surface area contributed by atoms with Gasteiger partial charge in [0.15, 0.2) is 0 Å². The number of amides is 1. The van der Waals surface area contributed by atoms with Crippen molar-refractivity contribution >= 4 is 5.91 Å². The van der Waals surface area contributed by atoms with Crippen molar-refractivity contribution < 1.29 is 9.53 Å². The Hall–Kier alpha value is -0.650. The molecule has 20 heavy (non-hydrogen) atoms. The standard InChI is InChI=1S/C15H31N3O2/c1-12(2)17-15(3,14(16)19)8-6-9-18(4)11-13-7-5-10-20-13/h12-13,17H,5-11H2,1-4H3,(H2,16,19).